The van der Waals surface area contributed by atoms with E-state index in [9.17, 15) is 0 Å². The summed E-state index contributed by atoms with van der Waals surface area (Å²) < 4.78 is 0. The molecular weight excluding hydrogens is 182 g/mol. The largest absolute Gasteiger partial charge is 0.262 e. The third-order valence-corrected chi connectivity index (χ3v) is 3.81. The highest BCUT2D eigenvalue weighted by molar-refractivity contribution is 5.21. The molecule has 1 saturated carbocycles. The second-order valence-corrected chi connectivity index (χ2v) is 5.23. The number of nitrogens with zero attached hydrogens (tertiary/aromatic N) is 1. The average Bonchev–Trinajstić information content (AvgIpc) is 2.22. The zero-order valence-electron chi connectivity index (χ0n) is 10.0. The smallest absolute Gasteiger partial charge is 0.0375 e. The Morgan fingerprint density at radius 3 is 2.80 bits per heavy atom. The molecule has 0 bridgehead atoms. The molecule has 0 saturated heterocycles. The van der Waals surface area contributed by atoms with Gasteiger partial charge < -0.3 is 0 Å². The van der Waals surface area contributed by atoms with E-state index in [-0.39, 0.29) is 0 Å². The first-order chi connectivity index (χ1) is 7.16. The lowest BCUT2D eigenvalue weighted by molar-refractivity contribution is 0.264. The molecule has 1 aromatic rings. The molecule has 1 nitrogen and oxygen atoms in total. The molecule has 15 heavy (non-hydrogen) atoms. The normalized spacial score (nSPS) is 31.5. The van der Waals surface area contributed by atoms with Crippen molar-refractivity contribution in [2.24, 2.45) is 11.8 Å². The maximum Gasteiger partial charge on any atom is 0.0375 e. The van der Waals surface area contributed by atoms with Crippen molar-refractivity contribution in [2.75, 3.05) is 0 Å². The van der Waals surface area contributed by atoms with Gasteiger partial charge in [-0.15, -0.1) is 0 Å². The van der Waals surface area contributed by atoms with Crippen LogP contribution >= 0.6 is 0 Å². The van der Waals surface area contributed by atoms with Crippen molar-refractivity contribution in [2.45, 2.75) is 46.0 Å². The van der Waals surface area contributed by atoms with E-state index in [2.05, 4.69) is 37.9 Å². The Labute approximate surface area is 92.9 Å². The molecule has 0 radical (unpaired) electrons. The molecule has 0 N–H and O–H groups in total. The summed E-state index contributed by atoms with van der Waals surface area (Å²) in [7, 11) is 0. The van der Waals surface area contributed by atoms with Gasteiger partial charge in [0.25, 0.3) is 0 Å². The van der Waals surface area contributed by atoms with E-state index in [4.69, 9.17) is 0 Å². The van der Waals surface area contributed by atoms with E-state index in [1.807, 2.05) is 6.20 Å². The first-order valence-electron chi connectivity index (χ1n) is 6.09. The molecule has 0 aromatic carbocycles. The first-order valence-corrected chi connectivity index (χ1v) is 6.09. The Hall–Kier alpha value is -0.850. The van der Waals surface area contributed by atoms with Gasteiger partial charge in [-0.05, 0) is 55.2 Å². The highest BCUT2D eigenvalue weighted by Crippen LogP contribution is 2.40. The summed E-state index contributed by atoms with van der Waals surface area (Å²) in [5.41, 5.74) is 2.65. The molecule has 1 fully saturated rings. The Bertz CT molecular complexity index is 332. The van der Waals surface area contributed by atoms with Crippen LogP contribution in [0.1, 0.15) is 50.3 Å². The molecule has 1 unspecified atom stereocenters. The molecule has 1 aliphatic carbocycles. The van der Waals surface area contributed by atoms with Crippen LogP contribution < -0.4 is 0 Å². The van der Waals surface area contributed by atoms with Crippen LogP contribution in [0.4, 0.5) is 0 Å². The molecule has 1 aromatic heterocycles. The van der Waals surface area contributed by atoms with Gasteiger partial charge in [0.1, 0.15) is 0 Å². The minimum Gasteiger partial charge on any atom is -0.262 e. The van der Waals surface area contributed by atoms with Gasteiger partial charge in [0.15, 0.2) is 0 Å². The number of hydrogen-bond acceptors (Lipinski definition) is 1. The average molecular weight is 203 g/mol. The Balaban J connectivity index is 2.21. The molecule has 1 aliphatic rings. The second kappa shape index (κ2) is 4.34. The summed E-state index contributed by atoms with van der Waals surface area (Å²) in [6.07, 6.45) is 6.09. The van der Waals surface area contributed by atoms with Crippen molar-refractivity contribution in [1.29, 1.82) is 0 Å². The van der Waals surface area contributed by atoms with Crippen LogP contribution in [0, 0.1) is 18.8 Å². The third-order valence-electron chi connectivity index (χ3n) is 3.81. The van der Waals surface area contributed by atoms with Gasteiger partial charge in [0.05, 0.1) is 0 Å². The molecule has 1 heteroatoms. The van der Waals surface area contributed by atoms with Gasteiger partial charge in [0, 0.05) is 11.9 Å². The fourth-order valence-corrected chi connectivity index (χ4v) is 2.79. The van der Waals surface area contributed by atoms with Gasteiger partial charge in [0.2, 0.25) is 0 Å². The van der Waals surface area contributed by atoms with E-state index >= 15 is 0 Å². The van der Waals surface area contributed by atoms with E-state index in [1.54, 1.807) is 0 Å². The van der Waals surface area contributed by atoms with E-state index in [0.29, 0.717) is 0 Å². The highest BCUT2D eigenvalue weighted by Gasteiger charge is 2.26. The maximum atomic E-state index is 4.28. The molecular formula is C14H21N. The van der Waals surface area contributed by atoms with Gasteiger partial charge >= 0.3 is 0 Å². The molecule has 2 rings (SSSR count). The summed E-state index contributed by atoms with van der Waals surface area (Å²) in [5, 5.41) is 0. The third kappa shape index (κ3) is 2.39. The summed E-state index contributed by atoms with van der Waals surface area (Å²) >= 11 is 0. The van der Waals surface area contributed by atoms with E-state index in [0.717, 1.165) is 23.4 Å². The van der Waals surface area contributed by atoms with Crippen LogP contribution in [0.15, 0.2) is 18.3 Å². The molecule has 0 amide bonds. The minimum absolute atomic E-state index is 0.760. The number of rotatable bonds is 1. The van der Waals surface area contributed by atoms with Crippen molar-refractivity contribution in [3.8, 4) is 0 Å². The maximum absolute atomic E-state index is 4.28. The molecule has 1 heterocycles. The molecule has 82 valence electrons. The van der Waals surface area contributed by atoms with Crippen molar-refractivity contribution < 1.29 is 0 Å². The lowest BCUT2D eigenvalue weighted by Gasteiger charge is -2.33. The summed E-state index contributed by atoms with van der Waals surface area (Å²) in [4.78, 5) is 4.28. The predicted octanol–water partition coefficient (Wildman–Crippen LogP) is 3.93. The summed E-state index contributed by atoms with van der Waals surface area (Å²) in [6, 6.07) is 4.46. The standard InChI is InChI=1S/C14H21N/c1-10-4-5-11(2)14(8-10)13-6-7-15-12(3)9-13/h6-7,9-11,14H,4-5,8H2,1-3H3/t10-,11-,14?/m1/s1. The van der Waals surface area contributed by atoms with Crippen LogP contribution in [0.3, 0.4) is 0 Å². The highest BCUT2D eigenvalue weighted by atomic mass is 14.6. The van der Waals surface area contributed by atoms with E-state index in [1.165, 1.54) is 24.8 Å². The Morgan fingerprint density at radius 1 is 1.27 bits per heavy atom. The van der Waals surface area contributed by atoms with Crippen LogP contribution in [-0.4, -0.2) is 4.98 Å². The first kappa shape index (κ1) is 10.7. The monoisotopic (exact) mass is 203 g/mol. The molecule has 0 aliphatic heterocycles. The van der Waals surface area contributed by atoms with Gasteiger partial charge in [-0.2, -0.15) is 0 Å². The predicted molar refractivity (Wildman–Crippen MR) is 63.9 cm³/mol. The zero-order valence-corrected chi connectivity index (χ0v) is 10.0. The van der Waals surface area contributed by atoms with Crippen LogP contribution in [-0.2, 0) is 0 Å². The zero-order chi connectivity index (χ0) is 10.8. The summed E-state index contributed by atoms with van der Waals surface area (Å²) in [5.74, 6) is 2.48. The number of hydrogen-bond donors (Lipinski definition) is 0. The SMILES string of the molecule is Cc1cc(C2C[C@H](C)CC[C@H]2C)ccn1. The quantitative estimate of drug-likeness (QED) is 0.674. The fourth-order valence-electron chi connectivity index (χ4n) is 2.79. The Morgan fingerprint density at radius 2 is 2.07 bits per heavy atom. The van der Waals surface area contributed by atoms with Gasteiger partial charge in [-0.1, -0.05) is 20.3 Å². The van der Waals surface area contributed by atoms with Crippen LogP contribution in [0.5, 0.6) is 0 Å². The van der Waals surface area contributed by atoms with Crippen molar-refractivity contribution in [3.05, 3.63) is 29.6 Å². The lowest BCUT2D eigenvalue weighted by Crippen LogP contribution is -2.20. The number of pyridine rings is 1. The van der Waals surface area contributed by atoms with Crippen molar-refractivity contribution in [1.82, 2.24) is 4.98 Å². The fraction of sp³-hybridized carbons (Fsp3) is 0.643. The van der Waals surface area contributed by atoms with Crippen molar-refractivity contribution >= 4 is 0 Å². The number of aryl methyl sites for hydroxylation is 1. The van der Waals surface area contributed by atoms with Crippen molar-refractivity contribution in [3.63, 3.8) is 0 Å². The van der Waals surface area contributed by atoms with Gasteiger partial charge in [-0.25, -0.2) is 0 Å². The lowest BCUT2D eigenvalue weighted by atomic mass is 9.72. The molecule has 3 atom stereocenters. The number of aromatic nitrogens is 1. The summed E-state index contributed by atoms with van der Waals surface area (Å²) in [6.45, 7) is 6.86. The van der Waals surface area contributed by atoms with Gasteiger partial charge in [-0.3, -0.25) is 4.98 Å². The molecule has 0 spiro atoms. The van der Waals surface area contributed by atoms with E-state index < -0.39 is 0 Å². The minimum atomic E-state index is 0.760. The van der Waals surface area contributed by atoms with Crippen LogP contribution in [0.2, 0.25) is 0 Å². The second-order valence-electron chi connectivity index (χ2n) is 5.23. The Kier molecular flexibility index (Phi) is 3.08. The topological polar surface area (TPSA) is 12.9 Å². The van der Waals surface area contributed by atoms with Crippen LogP contribution in [0.25, 0.3) is 0 Å².